The normalized spacial score (nSPS) is 27.6. The third-order valence-corrected chi connectivity index (χ3v) is 7.56. The summed E-state index contributed by atoms with van der Waals surface area (Å²) < 4.78 is 37.4. The highest BCUT2D eigenvalue weighted by molar-refractivity contribution is 5.15. The van der Waals surface area contributed by atoms with E-state index in [0.29, 0.717) is 45.9 Å². The Hall–Kier alpha value is -2.62. The first-order valence-corrected chi connectivity index (χ1v) is 14.5. The number of aliphatic hydroxyl groups is 1. The molecule has 0 bridgehead atoms. The summed E-state index contributed by atoms with van der Waals surface area (Å²) in [5.74, 6) is -0.595. The molecule has 3 aromatic carbocycles. The maximum absolute atomic E-state index is 11.6. The van der Waals surface area contributed by atoms with Crippen LogP contribution in [0.3, 0.4) is 0 Å². The van der Waals surface area contributed by atoms with Gasteiger partial charge in [0.2, 0.25) is 0 Å². The Morgan fingerprint density at radius 2 is 1.24 bits per heavy atom. The zero-order chi connectivity index (χ0) is 28.5. The maximum atomic E-state index is 11.6. The van der Waals surface area contributed by atoms with Gasteiger partial charge < -0.3 is 33.5 Å². The molecule has 0 amide bonds. The predicted octanol–water partition coefficient (Wildman–Crippen LogP) is 5.43. The summed E-state index contributed by atoms with van der Waals surface area (Å²) in [7, 11) is 0. The van der Waals surface area contributed by atoms with Gasteiger partial charge in [0.05, 0.1) is 45.2 Å². The first kappa shape index (κ1) is 29.9. The van der Waals surface area contributed by atoms with Gasteiger partial charge in [-0.15, -0.1) is 0 Å². The fourth-order valence-electron chi connectivity index (χ4n) is 5.42. The second-order valence-corrected chi connectivity index (χ2v) is 11.3. The standard InChI is InChI=1S/C34H42O7/c1-34(2)39-23-28(41-34)18-19-29-31(35)33(38-22-27-16-10-5-11-17-27)32(37-21-26-14-8-4-9-15-26)30(40-29)24-36-20-25-12-6-3-7-13-25/h3-17,28-33,35H,18-24H2,1-2H3/t28-,29+,30-,31+,32+,33-/m1/s1. The Kier molecular flexibility index (Phi) is 10.6. The van der Waals surface area contributed by atoms with Crippen LogP contribution in [0.5, 0.6) is 0 Å². The van der Waals surface area contributed by atoms with E-state index in [2.05, 4.69) is 0 Å². The minimum atomic E-state index is -0.889. The van der Waals surface area contributed by atoms with E-state index in [1.165, 1.54) is 0 Å². The number of benzene rings is 3. The lowest BCUT2D eigenvalue weighted by atomic mass is 9.91. The molecule has 0 radical (unpaired) electrons. The molecule has 5 rings (SSSR count). The Morgan fingerprint density at radius 1 is 0.707 bits per heavy atom. The smallest absolute Gasteiger partial charge is 0.163 e. The lowest BCUT2D eigenvalue weighted by Gasteiger charge is -2.45. The summed E-state index contributed by atoms with van der Waals surface area (Å²) in [5, 5.41) is 11.6. The van der Waals surface area contributed by atoms with Gasteiger partial charge in [-0.25, -0.2) is 0 Å². The Balaban J connectivity index is 1.32. The van der Waals surface area contributed by atoms with Crippen molar-refractivity contribution in [1.82, 2.24) is 0 Å². The van der Waals surface area contributed by atoms with Gasteiger partial charge in [-0.05, 0) is 43.4 Å². The second-order valence-electron chi connectivity index (χ2n) is 11.3. The van der Waals surface area contributed by atoms with Crippen molar-refractivity contribution in [1.29, 1.82) is 0 Å². The molecule has 3 aromatic rings. The molecule has 0 aromatic heterocycles. The zero-order valence-corrected chi connectivity index (χ0v) is 24.0. The van der Waals surface area contributed by atoms with Gasteiger partial charge in [0, 0.05) is 0 Å². The van der Waals surface area contributed by atoms with Crippen LogP contribution in [-0.2, 0) is 48.2 Å². The summed E-state index contributed by atoms with van der Waals surface area (Å²) in [6.45, 7) is 5.84. The van der Waals surface area contributed by atoms with Crippen molar-refractivity contribution < 1.29 is 33.5 Å². The first-order chi connectivity index (χ1) is 20.0. The van der Waals surface area contributed by atoms with Crippen molar-refractivity contribution in [3.8, 4) is 0 Å². The fourth-order valence-corrected chi connectivity index (χ4v) is 5.42. The van der Waals surface area contributed by atoms with Crippen LogP contribution in [0.1, 0.15) is 43.4 Å². The molecule has 7 nitrogen and oxygen atoms in total. The van der Waals surface area contributed by atoms with E-state index in [-0.39, 0.29) is 6.10 Å². The van der Waals surface area contributed by atoms with Gasteiger partial charge >= 0.3 is 0 Å². The SMILES string of the molecule is CC1(C)OC[C@@H](CC[C@@H]2O[C@H](COCc3ccccc3)[C@H](OCc3ccccc3)[C@H](OCc3ccccc3)[C@H]2O)O1. The van der Waals surface area contributed by atoms with Crippen LogP contribution in [0.15, 0.2) is 91.0 Å². The quantitative estimate of drug-likeness (QED) is 0.298. The summed E-state index contributed by atoms with van der Waals surface area (Å²) in [4.78, 5) is 0. The highest BCUT2D eigenvalue weighted by Gasteiger charge is 2.47. The lowest BCUT2D eigenvalue weighted by Crippen LogP contribution is -2.60. The third kappa shape index (κ3) is 8.69. The molecule has 6 atom stereocenters. The van der Waals surface area contributed by atoms with E-state index in [0.717, 1.165) is 16.7 Å². The molecular formula is C34H42O7. The third-order valence-electron chi connectivity index (χ3n) is 7.56. The van der Waals surface area contributed by atoms with E-state index < -0.39 is 36.3 Å². The van der Waals surface area contributed by atoms with Gasteiger partial charge in [0.25, 0.3) is 0 Å². The van der Waals surface area contributed by atoms with Crippen molar-refractivity contribution >= 4 is 0 Å². The highest BCUT2D eigenvalue weighted by Crippen LogP contribution is 2.32. The van der Waals surface area contributed by atoms with Gasteiger partial charge in [-0.2, -0.15) is 0 Å². The Labute approximate surface area is 243 Å². The largest absolute Gasteiger partial charge is 0.388 e. The fraction of sp³-hybridized carbons (Fsp3) is 0.471. The van der Waals surface area contributed by atoms with Crippen LogP contribution in [0.2, 0.25) is 0 Å². The second kappa shape index (κ2) is 14.5. The molecular weight excluding hydrogens is 520 g/mol. The van der Waals surface area contributed by atoms with Crippen molar-refractivity contribution in [3.63, 3.8) is 0 Å². The predicted molar refractivity (Wildman–Crippen MR) is 155 cm³/mol. The summed E-state index contributed by atoms with van der Waals surface area (Å²) in [6.07, 6.45) is -1.70. The molecule has 7 heteroatoms. The minimum Gasteiger partial charge on any atom is -0.388 e. The molecule has 220 valence electrons. The molecule has 0 unspecified atom stereocenters. The highest BCUT2D eigenvalue weighted by atomic mass is 16.7. The van der Waals surface area contributed by atoms with Gasteiger partial charge in [-0.3, -0.25) is 0 Å². The number of aliphatic hydroxyl groups excluding tert-OH is 1. The topological polar surface area (TPSA) is 75.6 Å². The average molecular weight is 563 g/mol. The Bertz CT molecular complexity index is 1160. The van der Waals surface area contributed by atoms with E-state index in [9.17, 15) is 5.11 Å². The van der Waals surface area contributed by atoms with E-state index in [1.807, 2.05) is 105 Å². The number of hydrogen-bond acceptors (Lipinski definition) is 7. The zero-order valence-electron chi connectivity index (χ0n) is 24.0. The van der Waals surface area contributed by atoms with E-state index >= 15 is 0 Å². The molecule has 41 heavy (non-hydrogen) atoms. The minimum absolute atomic E-state index is 0.0516. The number of rotatable bonds is 13. The molecule has 2 aliphatic rings. The van der Waals surface area contributed by atoms with Gasteiger partial charge in [0.1, 0.15) is 24.4 Å². The van der Waals surface area contributed by atoms with Crippen LogP contribution in [-0.4, -0.2) is 60.7 Å². The van der Waals surface area contributed by atoms with Crippen LogP contribution >= 0.6 is 0 Å². The van der Waals surface area contributed by atoms with Gasteiger partial charge in [-0.1, -0.05) is 91.0 Å². The first-order valence-electron chi connectivity index (χ1n) is 14.5. The van der Waals surface area contributed by atoms with E-state index in [1.54, 1.807) is 0 Å². The molecule has 1 N–H and O–H groups in total. The molecule has 0 spiro atoms. The molecule has 2 heterocycles. The van der Waals surface area contributed by atoms with E-state index in [4.69, 9.17) is 28.4 Å². The van der Waals surface area contributed by atoms with Crippen LogP contribution in [0, 0.1) is 0 Å². The molecule has 2 aliphatic heterocycles. The van der Waals surface area contributed by atoms with Crippen molar-refractivity contribution in [2.24, 2.45) is 0 Å². The van der Waals surface area contributed by atoms with Crippen LogP contribution in [0.25, 0.3) is 0 Å². The number of hydrogen-bond donors (Lipinski definition) is 1. The molecule has 0 aliphatic carbocycles. The van der Waals surface area contributed by atoms with Crippen molar-refractivity contribution in [3.05, 3.63) is 108 Å². The van der Waals surface area contributed by atoms with Gasteiger partial charge in [0.15, 0.2) is 5.79 Å². The summed E-state index contributed by atoms with van der Waals surface area (Å²) in [5.41, 5.74) is 3.15. The number of ether oxygens (including phenoxy) is 6. The van der Waals surface area contributed by atoms with Crippen molar-refractivity contribution in [2.75, 3.05) is 13.2 Å². The molecule has 2 saturated heterocycles. The lowest BCUT2D eigenvalue weighted by molar-refractivity contribution is -0.262. The summed E-state index contributed by atoms with van der Waals surface area (Å²) >= 11 is 0. The van der Waals surface area contributed by atoms with Crippen LogP contribution in [0.4, 0.5) is 0 Å². The van der Waals surface area contributed by atoms with Crippen molar-refractivity contribution in [2.45, 2.75) is 88.9 Å². The summed E-state index contributed by atoms with van der Waals surface area (Å²) in [6, 6.07) is 30.0. The average Bonchev–Trinajstić information content (AvgIpc) is 3.35. The molecule has 0 saturated carbocycles. The molecule has 2 fully saturated rings. The monoisotopic (exact) mass is 562 g/mol. The maximum Gasteiger partial charge on any atom is 0.163 e. The van der Waals surface area contributed by atoms with Crippen LogP contribution < -0.4 is 0 Å². The Morgan fingerprint density at radius 3 is 1.78 bits per heavy atom.